The Bertz CT molecular complexity index is 264. The van der Waals surface area contributed by atoms with Crippen molar-refractivity contribution in [3.8, 4) is 0 Å². The molecule has 2 N–H and O–H groups in total. The third-order valence-corrected chi connectivity index (χ3v) is 3.89. The van der Waals surface area contributed by atoms with Crippen LogP contribution in [0.1, 0.15) is 0 Å². The molecule has 0 aromatic heterocycles. The molecule has 1 aliphatic heterocycles. The quantitative estimate of drug-likeness (QED) is 0.633. The third kappa shape index (κ3) is 1.06. The Balaban J connectivity index is 3.27. The second-order valence-electron chi connectivity index (χ2n) is 2.60. The molecule has 13 heavy (non-hydrogen) atoms. The molecule has 0 aromatic rings. The van der Waals surface area contributed by atoms with E-state index in [1.807, 2.05) is 0 Å². The van der Waals surface area contributed by atoms with Crippen LogP contribution in [0.25, 0.3) is 0 Å². The van der Waals surface area contributed by atoms with Crippen molar-refractivity contribution in [3.63, 3.8) is 0 Å². The summed E-state index contributed by atoms with van der Waals surface area (Å²) in [4.78, 5) is 0. The average Bonchev–Trinajstić information content (AvgIpc) is 1.78. The van der Waals surface area contributed by atoms with Crippen molar-refractivity contribution < 1.29 is 38.6 Å². The van der Waals surface area contributed by atoms with E-state index >= 15 is 0 Å². The molecule has 1 rings (SSSR count). The van der Waals surface area contributed by atoms with Crippen LogP contribution in [0, 0.1) is 0 Å². The molecule has 0 bridgehead atoms. The van der Waals surface area contributed by atoms with Gasteiger partial charge in [0.05, 0.1) is 0 Å². The fourth-order valence-corrected chi connectivity index (χ4v) is 1.87. The number of rotatable bonds is 0. The van der Waals surface area contributed by atoms with Gasteiger partial charge in [-0.1, -0.05) is 0 Å². The highest BCUT2D eigenvalue weighted by Crippen LogP contribution is 3.01. The molecule has 0 spiro atoms. The lowest BCUT2D eigenvalue weighted by molar-refractivity contribution is -0.248. The van der Waals surface area contributed by atoms with Crippen LogP contribution in [0.2, 0.25) is 0 Å². The van der Waals surface area contributed by atoms with E-state index in [0.717, 1.165) is 0 Å². The molecule has 82 valence electrons. The van der Waals surface area contributed by atoms with E-state index in [1.54, 1.807) is 0 Å². The summed E-state index contributed by atoms with van der Waals surface area (Å²) < 4.78 is 90.8. The zero-order valence-corrected chi connectivity index (χ0v) is 6.50. The van der Waals surface area contributed by atoms with Crippen molar-refractivity contribution in [3.05, 3.63) is 0 Å². The van der Waals surface area contributed by atoms with Gasteiger partial charge in [-0.05, 0) is 0 Å². The molecule has 1 unspecified atom stereocenters. The maximum Gasteiger partial charge on any atom is 0.442 e. The highest BCUT2D eigenvalue weighted by molar-refractivity contribution is 8.47. The predicted molar refractivity (Wildman–Crippen MR) is 30.9 cm³/mol. The molecule has 1 atom stereocenters. The minimum absolute atomic E-state index is 2.13. The highest BCUT2D eigenvalue weighted by Gasteiger charge is 2.93. The lowest BCUT2D eigenvalue weighted by Crippen LogP contribution is -2.68. The first kappa shape index (κ1) is 10.9. The first-order valence-electron chi connectivity index (χ1n) is 2.69. The van der Waals surface area contributed by atoms with Gasteiger partial charge in [0.25, 0.3) is 0 Å². The van der Waals surface area contributed by atoms with Crippen LogP contribution >= 0.6 is 9.91 Å². The number of hydrogen-bond donors (Lipinski definition) is 2. The van der Waals surface area contributed by atoms with E-state index in [4.69, 9.17) is 9.11 Å². The van der Waals surface area contributed by atoms with E-state index in [2.05, 4.69) is 4.18 Å². The normalized spacial score (nSPS) is 46.2. The van der Waals surface area contributed by atoms with Crippen LogP contribution in [-0.2, 0) is 4.18 Å². The number of hydrogen-bond acceptors (Lipinski definition) is 3. The number of halogens is 6. The second kappa shape index (κ2) is 1.66. The van der Waals surface area contributed by atoms with Gasteiger partial charge in [-0.2, -0.15) is 13.2 Å². The fraction of sp³-hybridized carbons (Fsp3) is 1.00. The molecule has 10 heteroatoms. The largest absolute Gasteiger partial charge is 0.442 e. The lowest BCUT2D eigenvalue weighted by atomic mass is 10.4. The summed E-state index contributed by atoms with van der Waals surface area (Å²) in [6.45, 7) is -2.13. The smallest absolute Gasteiger partial charge is 0.282 e. The van der Waals surface area contributed by atoms with Gasteiger partial charge in [-0.3, -0.25) is 13.3 Å². The lowest BCUT2D eigenvalue weighted by Gasteiger charge is -2.68. The van der Waals surface area contributed by atoms with E-state index in [9.17, 15) is 25.3 Å². The number of alkyl halides is 4. The van der Waals surface area contributed by atoms with Crippen molar-refractivity contribution >= 4 is 9.91 Å². The minimum Gasteiger partial charge on any atom is -0.282 e. The average molecular weight is 234 g/mol. The topological polar surface area (TPSA) is 49.7 Å². The summed E-state index contributed by atoms with van der Waals surface area (Å²) in [7, 11) is -9.04. The van der Waals surface area contributed by atoms with Crippen LogP contribution in [0.5, 0.6) is 0 Å². The Morgan fingerprint density at radius 1 is 1.23 bits per heavy atom. The Kier molecular flexibility index (Phi) is 1.39. The minimum atomic E-state index is -9.04. The van der Waals surface area contributed by atoms with Gasteiger partial charge < -0.3 is 0 Å². The molecular weight excluding hydrogens is 230 g/mol. The van der Waals surface area contributed by atoms with Crippen LogP contribution in [0.4, 0.5) is 25.3 Å². The molecule has 0 aromatic carbocycles. The second-order valence-corrected chi connectivity index (χ2v) is 5.71. The predicted octanol–water partition coefficient (Wildman–Crippen LogP) is 2.75. The van der Waals surface area contributed by atoms with Gasteiger partial charge in [0.15, 0.2) is 0 Å². The van der Waals surface area contributed by atoms with Crippen LogP contribution in [0.15, 0.2) is 0 Å². The Morgan fingerprint density at radius 2 is 1.62 bits per heavy atom. The molecule has 1 saturated heterocycles. The zero-order valence-electron chi connectivity index (χ0n) is 5.69. The van der Waals surface area contributed by atoms with E-state index < -0.39 is 27.7 Å². The maximum absolute atomic E-state index is 12.5. The van der Waals surface area contributed by atoms with Crippen molar-refractivity contribution in [1.82, 2.24) is 0 Å². The standard InChI is InChI=1S/C3H4F6O3S/c4-2(3(5,6)7)1-12-13(2,8,9,10)11/h10-11H,1H2. The molecule has 0 radical (unpaired) electrons. The van der Waals surface area contributed by atoms with Crippen LogP contribution in [0.3, 0.4) is 0 Å². The molecular formula is C3H4F6O3S. The summed E-state index contributed by atoms with van der Waals surface area (Å²) in [5.41, 5.74) is 0. The van der Waals surface area contributed by atoms with Gasteiger partial charge in [-0.15, -0.1) is 7.77 Å². The maximum atomic E-state index is 12.5. The van der Waals surface area contributed by atoms with Crippen molar-refractivity contribution in [1.29, 1.82) is 0 Å². The summed E-state index contributed by atoms with van der Waals surface area (Å²) in [6, 6.07) is 0. The zero-order chi connectivity index (χ0) is 10.8. The molecule has 0 amide bonds. The van der Waals surface area contributed by atoms with Gasteiger partial charge in [0.2, 0.25) is 9.91 Å². The highest BCUT2D eigenvalue weighted by atomic mass is 32.4. The Labute approximate surface area is 67.4 Å². The van der Waals surface area contributed by atoms with Gasteiger partial charge >= 0.3 is 11.2 Å². The van der Waals surface area contributed by atoms with Gasteiger partial charge in [-0.25, -0.2) is 4.39 Å². The third-order valence-electron chi connectivity index (χ3n) is 1.59. The SMILES string of the molecule is OS1(O)(F)(F)OCC1(F)C(F)(F)F. The van der Waals surface area contributed by atoms with Crippen molar-refractivity contribution in [2.75, 3.05) is 6.61 Å². The van der Waals surface area contributed by atoms with E-state index in [0.29, 0.717) is 0 Å². The monoisotopic (exact) mass is 234 g/mol. The first-order chi connectivity index (χ1) is 5.23. The molecule has 0 saturated carbocycles. The van der Waals surface area contributed by atoms with Crippen molar-refractivity contribution in [2.24, 2.45) is 0 Å². The van der Waals surface area contributed by atoms with Gasteiger partial charge in [0.1, 0.15) is 6.61 Å². The van der Waals surface area contributed by atoms with E-state index in [-0.39, 0.29) is 0 Å². The molecule has 3 nitrogen and oxygen atoms in total. The summed E-state index contributed by atoms with van der Waals surface area (Å²) in [6.07, 6.45) is -6.10. The molecule has 1 fully saturated rings. The molecule has 0 aliphatic carbocycles. The van der Waals surface area contributed by atoms with E-state index in [1.165, 1.54) is 0 Å². The fourth-order valence-electron chi connectivity index (χ4n) is 0.677. The summed E-state index contributed by atoms with van der Waals surface area (Å²) in [5.74, 6) is 0. The van der Waals surface area contributed by atoms with Crippen LogP contribution < -0.4 is 0 Å². The Morgan fingerprint density at radius 3 is 1.62 bits per heavy atom. The first-order valence-corrected chi connectivity index (χ1v) is 4.78. The summed E-state index contributed by atoms with van der Waals surface area (Å²) in [5, 5.41) is -5.40. The summed E-state index contributed by atoms with van der Waals surface area (Å²) >= 11 is 0. The Hall–Kier alpha value is -0.190. The van der Waals surface area contributed by atoms with Crippen molar-refractivity contribution in [2.45, 2.75) is 11.2 Å². The van der Waals surface area contributed by atoms with Gasteiger partial charge in [0, 0.05) is 0 Å². The molecule has 1 aliphatic rings. The van der Waals surface area contributed by atoms with Crippen LogP contribution in [-0.4, -0.2) is 26.9 Å². The molecule has 1 heterocycles.